The summed E-state index contributed by atoms with van der Waals surface area (Å²) in [6, 6.07) is 9.84. The van der Waals surface area contributed by atoms with Crippen LogP contribution in [0.4, 0.5) is 5.69 Å². The predicted octanol–water partition coefficient (Wildman–Crippen LogP) is 4.00. The molecule has 0 bridgehead atoms. The third-order valence-electron chi connectivity index (χ3n) is 3.79. The van der Waals surface area contributed by atoms with Crippen molar-refractivity contribution in [3.8, 4) is 11.5 Å². The van der Waals surface area contributed by atoms with E-state index in [2.05, 4.69) is 10.6 Å². The molecule has 144 valence electrons. The first-order chi connectivity index (χ1) is 12.9. The van der Waals surface area contributed by atoms with E-state index in [0.29, 0.717) is 35.2 Å². The van der Waals surface area contributed by atoms with Crippen LogP contribution in [0.25, 0.3) is 0 Å². The molecule has 2 rings (SSSR count). The molecule has 7 heteroatoms. The van der Waals surface area contributed by atoms with E-state index in [0.717, 1.165) is 0 Å². The topological polar surface area (TPSA) is 76.7 Å². The number of rotatable bonds is 7. The summed E-state index contributed by atoms with van der Waals surface area (Å²) in [5.74, 6) is 0.360. The van der Waals surface area contributed by atoms with Crippen molar-refractivity contribution in [1.29, 1.82) is 0 Å². The quantitative estimate of drug-likeness (QED) is 0.749. The summed E-state index contributed by atoms with van der Waals surface area (Å²) in [5.41, 5.74) is 1.09. The Kier molecular flexibility index (Phi) is 7.07. The first kappa shape index (κ1) is 20.6. The van der Waals surface area contributed by atoms with Gasteiger partial charge < -0.3 is 20.1 Å². The van der Waals surface area contributed by atoms with Gasteiger partial charge in [-0.15, -0.1) is 0 Å². The Hall–Kier alpha value is -2.73. The van der Waals surface area contributed by atoms with Gasteiger partial charge in [0.1, 0.15) is 0 Å². The molecule has 0 aliphatic rings. The molecule has 0 saturated carbocycles. The van der Waals surface area contributed by atoms with E-state index in [-0.39, 0.29) is 16.5 Å². The van der Waals surface area contributed by atoms with Gasteiger partial charge in [0.2, 0.25) is 0 Å². The number of benzene rings is 2. The van der Waals surface area contributed by atoms with Gasteiger partial charge in [-0.25, -0.2) is 0 Å². The van der Waals surface area contributed by atoms with Gasteiger partial charge in [-0.2, -0.15) is 0 Å². The van der Waals surface area contributed by atoms with Gasteiger partial charge in [0.25, 0.3) is 11.8 Å². The maximum absolute atomic E-state index is 12.7. The van der Waals surface area contributed by atoms with Gasteiger partial charge in [-0.3, -0.25) is 9.59 Å². The number of ether oxygens (including phenoxy) is 2. The van der Waals surface area contributed by atoms with Crippen LogP contribution < -0.4 is 20.1 Å². The second-order valence-corrected chi connectivity index (χ2v) is 6.70. The Morgan fingerprint density at radius 3 is 2.41 bits per heavy atom. The highest BCUT2D eigenvalue weighted by Crippen LogP contribution is 2.36. The molecular formula is C20H23ClN2O4. The summed E-state index contributed by atoms with van der Waals surface area (Å²) >= 11 is 6.16. The van der Waals surface area contributed by atoms with Crippen LogP contribution >= 0.6 is 11.6 Å². The van der Waals surface area contributed by atoms with Gasteiger partial charge in [-0.05, 0) is 30.2 Å². The number of carbonyl (C=O) groups excluding carboxylic acids is 2. The molecule has 0 aliphatic carbocycles. The lowest BCUT2D eigenvalue weighted by Crippen LogP contribution is -2.28. The fourth-order valence-corrected chi connectivity index (χ4v) is 2.71. The van der Waals surface area contributed by atoms with Crippen LogP contribution in [0.1, 0.15) is 34.6 Å². The van der Waals surface area contributed by atoms with E-state index in [1.165, 1.54) is 26.4 Å². The molecule has 2 aromatic carbocycles. The zero-order chi connectivity index (χ0) is 20.0. The minimum atomic E-state index is -0.415. The molecule has 6 nitrogen and oxygen atoms in total. The maximum Gasteiger partial charge on any atom is 0.255 e. The molecule has 27 heavy (non-hydrogen) atoms. The second kappa shape index (κ2) is 9.28. The number of para-hydroxylation sites is 1. The maximum atomic E-state index is 12.7. The summed E-state index contributed by atoms with van der Waals surface area (Å²) in [4.78, 5) is 25.1. The third kappa shape index (κ3) is 5.14. The number of anilines is 1. The van der Waals surface area contributed by atoms with Crippen molar-refractivity contribution in [3.63, 3.8) is 0 Å². The first-order valence-electron chi connectivity index (χ1n) is 8.47. The van der Waals surface area contributed by atoms with Gasteiger partial charge >= 0.3 is 0 Å². The smallest absolute Gasteiger partial charge is 0.255 e. The summed E-state index contributed by atoms with van der Waals surface area (Å²) in [6.45, 7) is 4.57. The van der Waals surface area contributed by atoms with Crippen LogP contribution in [-0.4, -0.2) is 32.6 Å². The van der Waals surface area contributed by atoms with Gasteiger partial charge in [0.05, 0.1) is 30.5 Å². The van der Waals surface area contributed by atoms with Crippen molar-refractivity contribution >= 4 is 29.1 Å². The van der Waals surface area contributed by atoms with Crippen LogP contribution in [0.2, 0.25) is 5.02 Å². The van der Waals surface area contributed by atoms with Gasteiger partial charge in [0.15, 0.2) is 11.5 Å². The summed E-state index contributed by atoms with van der Waals surface area (Å²) in [7, 11) is 2.93. The molecule has 0 radical (unpaired) electrons. The Bertz CT molecular complexity index is 837. The van der Waals surface area contributed by atoms with Crippen molar-refractivity contribution in [2.45, 2.75) is 13.8 Å². The molecule has 2 N–H and O–H groups in total. The molecule has 2 aromatic rings. The normalized spacial score (nSPS) is 10.4. The lowest BCUT2D eigenvalue weighted by Gasteiger charge is -2.14. The molecule has 0 aliphatic heterocycles. The van der Waals surface area contributed by atoms with E-state index in [4.69, 9.17) is 21.1 Å². The van der Waals surface area contributed by atoms with Crippen molar-refractivity contribution in [2.75, 3.05) is 26.1 Å². The second-order valence-electron chi connectivity index (χ2n) is 6.30. The van der Waals surface area contributed by atoms with Crippen molar-refractivity contribution in [1.82, 2.24) is 5.32 Å². The standard InChI is InChI=1S/C20H23ClN2O4/c1-12(2)11-22-20(25)14-7-5-6-8-16(14)23-19(24)13-9-15(21)18(27-4)17(10-13)26-3/h5-10,12H,11H2,1-4H3,(H,22,25)(H,23,24). The molecular weight excluding hydrogens is 368 g/mol. The Morgan fingerprint density at radius 2 is 1.78 bits per heavy atom. The average molecular weight is 391 g/mol. The summed E-state index contributed by atoms with van der Waals surface area (Å²) in [6.07, 6.45) is 0. The van der Waals surface area contributed by atoms with E-state index in [1.54, 1.807) is 24.3 Å². The van der Waals surface area contributed by atoms with Crippen LogP contribution in [0.5, 0.6) is 11.5 Å². The molecule has 2 amide bonds. The number of amides is 2. The first-order valence-corrected chi connectivity index (χ1v) is 8.85. The molecule has 0 saturated heterocycles. The molecule has 0 atom stereocenters. The van der Waals surface area contributed by atoms with Crippen molar-refractivity contribution in [3.05, 3.63) is 52.5 Å². The van der Waals surface area contributed by atoms with Crippen molar-refractivity contribution < 1.29 is 19.1 Å². The van der Waals surface area contributed by atoms with E-state index < -0.39 is 5.91 Å². The highest BCUT2D eigenvalue weighted by Gasteiger charge is 2.18. The number of hydrogen-bond acceptors (Lipinski definition) is 4. The highest BCUT2D eigenvalue weighted by atomic mass is 35.5. The summed E-state index contributed by atoms with van der Waals surface area (Å²) in [5, 5.41) is 5.86. The molecule has 0 spiro atoms. The largest absolute Gasteiger partial charge is 0.493 e. The Morgan fingerprint density at radius 1 is 1.07 bits per heavy atom. The average Bonchev–Trinajstić information content (AvgIpc) is 2.65. The van der Waals surface area contributed by atoms with E-state index in [9.17, 15) is 9.59 Å². The number of carbonyl (C=O) groups is 2. The van der Waals surface area contributed by atoms with Gasteiger partial charge in [0, 0.05) is 12.1 Å². The summed E-state index contributed by atoms with van der Waals surface area (Å²) < 4.78 is 10.4. The van der Waals surface area contributed by atoms with E-state index in [1.807, 2.05) is 13.8 Å². The molecule has 0 aromatic heterocycles. The highest BCUT2D eigenvalue weighted by molar-refractivity contribution is 6.32. The van der Waals surface area contributed by atoms with E-state index >= 15 is 0 Å². The zero-order valence-electron chi connectivity index (χ0n) is 15.8. The Balaban J connectivity index is 2.26. The molecule has 0 unspecified atom stereocenters. The van der Waals surface area contributed by atoms with Crippen LogP contribution in [0.3, 0.4) is 0 Å². The van der Waals surface area contributed by atoms with Crippen LogP contribution in [0, 0.1) is 5.92 Å². The number of hydrogen-bond donors (Lipinski definition) is 2. The molecule has 0 fully saturated rings. The SMILES string of the molecule is COc1cc(C(=O)Nc2ccccc2C(=O)NCC(C)C)cc(Cl)c1OC. The fraction of sp³-hybridized carbons (Fsp3) is 0.300. The molecule has 0 heterocycles. The van der Waals surface area contributed by atoms with Gasteiger partial charge in [-0.1, -0.05) is 37.6 Å². The monoisotopic (exact) mass is 390 g/mol. The number of nitrogens with one attached hydrogen (secondary N) is 2. The number of methoxy groups -OCH3 is 2. The predicted molar refractivity (Wildman–Crippen MR) is 106 cm³/mol. The lowest BCUT2D eigenvalue weighted by molar-refractivity contribution is 0.0950. The van der Waals surface area contributed by atoms with Crippen LogP contribution in [0.15, 0.2) is 36.4 Å². The Labute approximate surface area is 163 Å². The fourth-order valence-electron chi connectivity index (χ4n) is 2.43. The van der Waals surface area contributed by atoms with Crippen molar-refractivity contribution in [2.24, 2.45) is 5.92 Å². The zero-order valence-corrected chi connectivity index (χ0v) is 16.5. The third-order valence-corrected chi connectivity index (χ3v) is 4.07. The lowest BCUT2D eigenvalue weighted by atomic mass is 10.1. The minimum absolute atomic E-state index is 0.245. The van der Waals surface area contributed by atoms with Crippen LogP contribution in [-0.2, 0) is 0 Å². The minimum Gasteiger partial charge on any atom is -0.493 e. The number of halogens is 1.